The van der Waals surface area contributed by atoms with Crippen molar-refractivity contribution in [1.82, 2.24) is 4.31 Å². The van der Waals surface area contributed by atoms with Gasteiger partial charge in [0.2, 0.25) is 15.9 Å². The Balaban J connectivity index is 1.62. The lowest BCUT2D eigenvalue weighted by Crippen LogP contribution is -2.42. The van der Waals surface area contributed by atoms with E-state index in [1.54, 1.807) is 17.0 Å². The van der Waals surface area contributed by atoms with E-state index in [2.05, 4.69) is 0 Å². The highest BCUT2D eigenvalue weighted by Crippen LogP contribution is 2.28. The lowest BCUT2D eigenvalue weighted by molar-refractivity contribution is -0.118. The number of rotatable bonds is 6. The van der Waals surface area contributed by atoms with Crippen LogP contribution in [-0.2, 0) is 27.8 Å². The van der Waals surface area contributed by atoms with Crippen molar-refractivity contribution < 1.29 is 17.6 Å². The van der Waals surface area contributed by atoms with Gasteiger partial charge in [-0.15, -0.1) is 0 Å². The number of anilines is 1. The number of para-hydroxylation sites is 1. The lowest BCUT2D eigenvalue weighted by Gasteiger charge is -2.24. The van der Waals surface area contributed by atoms with Crippen LogP contribution in [0.25, 0.3) is 0 Å². The zero-order valence-electron chi connectivity index (χ0n) is 15.5. The Labute approximate surface area is 174 Å². The van der Waals surface area contributed by atoms with Crippen molar-refractivity contribution in [2.24, 2.45) is 0 Å². The molecule has 2 aromatic carbocycles. The molecule has 1 amide bonds. The average molecular weight is 431 g/mol. The molecule has 0 saturated heterocycles. The fourth-order valence-corrected chi connectivity index (χ4v) is 4.87. The summed E-state index contributed by atoms with van der Waals surface area (Å²) in [5.74, 6) is 0.177. The first-order chi connectivity index (χ1) is 13.9. The van der Waals surface area contributed by atoms with E-state index in [0.29, 0.717) is 17.3 Å². The van der Waals surface area contributed by atoms with Crippen LogP contribution in [-0.4, -0.2) is 31.7 Å². The van der Waals surface area contributed by atoms with Crippen molar-refractivity contribution in [3.63, 3.8) is 0 Å². The molecule has 0 unspecified atom stereocenters. The maximum atomic E-state index is 13.2. The molecule has 6 nitrogen and oxygen atoms in total. The summed E-state index contributed by atoms with van der Waals surface area (Å²) in [6, 6.07) is 16.9. The molecule has 8 heteroatoms. The number of furan rings is 1. The Kier molecular flexibility index (Phi) is 5.45. The highest BCUT2D eigenvalue weighted by molar-refractivity contribution is 7.89. The number of halogens is 1. The van der Waals surface area contributed by atoms with Gasteiger partial charge in [-0.05, 0) is 54.4 Å². The molecule has 1 aliphatic rings. The van der Waals surface area contributed by atoms with Crippen LogP contribution in [0.1, 0.15) is 11.3 Å². The summed E-state index contributed by atoms with van der Waals surface area (Å²) in [5.41, 5.74) is 1.92. The Bertz CT molecular complexity index is 1110. The van der Waals surface area contributed by atoms with Crippen LogP contribution in [0.2, 0.25) is 5.02 Å². The van der Waals surface area contributed by atoms with E-state index in [0.717, 1.165) is 22.0 Å². The molecule has 0 aliphatic carbocycles. The molecule has 0 radical (unpaired) electrons. The number of sulfonamides is 1. The van der Waals surface area contributed by atoms with Gasteiger partial charge >= 0.3 is 0 Å². The third-order valence-corrected chi connectivity index (χ3v) is 6.92. The normalized spacial score (nSPS) is 13.7. The van der Waals surface area contributed by atoms with Gasteiger partial charge in [0.05, 0.1) is 24.2 Å². The number of carbonyl (C=O) groups is 1. The molecule has 1 aliphatic heterocycles. The first-order valence-electron chi connectivity index (χ1n) is 9.11. The van der Waals surface area contributed by atoms with Crippen molar-refractivity contribution in [2.75, 3.05) is 18.0 Å². The van der Waals surface area contributed by atoms with E-state index in [1.165, 1.54) is 30.5 Å². The highest BCUT2D eigenvalue weighted by atomic mass is 35.5. The number of amides is 1. The van der Waals surface area contributed by atoms with Crippen LogP contribution in [0.5, 0.6) is 0 Å². The molecule has 0 saturated carbocycles. The van der Waals surface area contributed by atoms with Crippen LogP contribution in [0, 0.1) is 0 Å². The van der Waals surface area contributed by atoms with Gasteiger partial charge in [-0.1, -0.05) is 29.8 Å². The zero-order chi connectivity index (χ0) is 20.4. The van der Waals surface area contributed by atoms with E-state index in [-0.39, 0.29) is 23.9 Å². The Morgan fingerprint density at radius 3 is 2.55 bits per heavy atom. The minimum absolute atomic E-state index is 0.0425. The molecule has 3 aromatic rings. The first-order valence-corrected chi connectivity index (χ1v) is 10.9. The lowest BCUT2D eigenvalue weighted by atomic mass is 10.2. The van der Waals surface area contributed by atoms with E-state index in [4.69, 9.17) is 16.0 Å². The number of carbonyl (C=O) groups excluding carboxylic acids is 1. The number of nitrogens with zero attached hydrogens (tertiary/aromatic N) is 2. The zero-order valence-corrected chi connectivity index (χ0v) is 17.1. The second-order valence-electron chi connectivity index (χ2n) is 6.73. The van der Waals surface area contributed by atoms with E-state index in [9.17, 15) is 13.2 Å². The van der Waals surface area contributed by atoms with Crippen LogP contribution >= 0.6 is 11.6 Å². The van der Waals surface area contributed by atoms with Crippen molar-refractivity contribution >= 4 is 33.2 Å². The smallest absolute Gasteiger partial charge is 0.243 e. The molecule has 0 N–H and O–H groups in total. The van der Waals surface area contributed by atoms with Crippen molar-refractivity contribution in [1.29, 1.82) is 0 Å². The maximum Gasteiger partial charge on any atom is 0.243 e. The molecule has 0 spiro atoms. The van der Waals surface area contributed by atoms with E-state index < -0.39 is 10.0 Å². The fourth-order valence-electron chi connectivity index (χ4n) is 3.39. The van der Waals surface area contributed by atoms with Gasteiger partial charge in [-0.25, -0.2) is 8.42 Å². The third-order valence-electron chi connectivity index (χ3n) is 4.86. The molecule has 150 valence electrons. The largest absolute Gasteiger partial charge is 0.468 e. The summed E-state index contributed by atoms with van der Waals surface area (Å²) in [6.07, 6.45) is 2.23. The maximum absolute atomic E-state index is 13.2. The molecule has 1 aromatic heterocycles. The first kappa shape index (κ1) is 19.7. The molecule has 0 atom stereocenters. The molecular weight excluding hydrogens is 412 g/mol. The minimum Gasteiger partial charge on any atom is -0.468 e. The Morgan fingerprint density at radius 1 is 1.07 bits per heavy atom. The SMILES string of the molecule is O=C(CN(Cc1ccco1)S(=O)(=O)c1ccc(Cl)cc1)N1CCc2ccccc21. The van der Waals surface area contributed by atoms with E-state index in [1.807, 2.05) is 24.3 Å². The van der Waals surface area contributed by atoms with Crippen molar-refractivity contribution in [3.05, 3.63) is 83.3 Å². The average Bonchev–Trinajstić information content (AvgIpc) is 3.37. The molecule has 0 bridgehead atoms. The summed E-state index contributed by atoms with van der Waals surface area (Å²) < 4.78 is 32.9. The molecular formula is C21H19ClN2O4S. The molecule has 29 heavy (non-hydrogen) atoms. The number of hydrogen-bond acceptors (Lipinski definition) is 4. The Hall–Kier alpha value is -2.61. The van der Waals surface area contributed by atoms with Gasteiger partial charge in [-0.3, -0.25) is 4.79 Å². The molecule has 2 heterocycles. The van der Waals surface area contributed by atoms with Gasteiger partial charge in [-0.2, -0.15) is 4.31 Å². The molecule has 0 fully saturated rings. The number of hydrogen-bond donors (Lipinski definition) is 0. The fraction of sp³-hybridized carbons (Fsp3) is 0.190. The van der Waals surface area contributed by atoms with E-state index >= 15 is 0 Å². The minimum atomic E-state index is -3.93. The Morgan fingerprint density at radius 2 is 1.83 bits per heavy atom. The predicted octanol–water partition coefficient (Wildman–Crippen LogP) is 3.71. The van der Waals surface area contributed by atoms with Crippen molar-refractivity contribution in [2.45, 2.75) is 17.9 Å². The van der Waals surface area contributed by atoms with Crippen LogP contribution < -0.4 is 4.90 Å². The van der Waals surface area contributed by atoms with Crippen molar-refractivity contribution in [3.8, 4) is 0 Å². The van der Waals surface area contributed by atoms with Crippen LogP contribution in [0.15, 0.2) is 76.2 Å². The number of fused-ring (bicyclic) bond motifs is 1. The second kappa shape index (κ2) is 8.02. The number of benzene rings is 2. The standard InChI is InChI=1S/C21H19ClN2O4S/c22-17-7-9-19(10-8-17)29(26,27)23(14-18-5-3-13-28-18)15-21(25)24-12-11-16-4-1-2-6-20(16)24/h1-10,13H,11-12,14-15H2. The van der Waals surface area contributed by atoms with Gasteiger partial charge in [0.25, 0.3) is 0 Å². The highest BCUT2D eigenvalue weighted by Gasteiger charge is 2.31. The second-order valence-corrected chi connectivity index (χ2v) is 9.10. The summed E-state index contributed by atoms with van der Waals surface area (Å²) >= 11 is 5.89. The predicted molar refractivity (Wildman–Crippen MR) is 110 cm³/mol. The third kappa shape index (κ3) is 4.07. The quantitative estimate of drug-likeness (QED) is 0.597. The summed E-state index contributed by atoms with van der Waals surface area (Å²) in [6.45, 7) is 0.201. The van der Waals surface area contributed by atoms with Gasteiger partial charge in [0, 0.05) is 17.3 Å². The monoisotopic (exact) mass is 430 g/mol. The van der Waals surface area contributed by atoms with Gasteiger partial charge in [0.1, 0.15) is 5.76 Å². The summed E-state index contributed by atoms with van der Waals surface area (Å²) in [4.78, 5) is 14.8. The topological polar surface area (TPSA) is 70.8 Å². The van der Waals surface area contributed by atoms with Crippen LogP contribution in [0.3, 0.4) is 0 Å². The van der Waals surface area contributed by atoms with Gasteiger partial charge < -0.3 is 9.32 Å². The van der Waals surface area contributed by atoms with Gasteiger partial charge in [0.15, 0.2) is 0 Å². The molecule has 4 rings (SSSR count). The summed E-state index contributed by atoms with van der Waals surface area (Å²) in [5, 5.41) is 0.436. The summed E-state index contributed by atoms with van der Waals surface area (Å²) in [7, 11) is -3.93. The van der Waals surface area contributed by atoms with Crippen LogP contribution in [0.4, 0.5) is 5.69 Å².